The minimum Gasteiger partial charge on any atom is -0.481 e. The summed E-state index contributed by atoms with van der Waals surface area (Å²) in [6.45, 7) is 5.23. The highest BCUT2D eigenvalue weighted by Gasteiger charge is 2.33. The SMILES string of the molecule is Cc1cccc(CN2CCCC(C(=O)O)C2=O)c1C. The Labute approximate surface area is 113 Å². The summed E-state index contributed by atoms with van der Waals surface area (Å²) in [6, 6.07) is 6.01. The van der Waals surface area contributed by atoms with Crippen LogP contribution in [0.1, 0.15) is 29.5 Å². The van der Waals surface area contributed by atoms with E-state index < -0.39 is 11.9 Å². The molecule has 1 saturated heterocycles. The van der Waals surface area contributed by atoms with Crippen molar-refractivity contribution < 1.29 is 14.7 Å². The summed E-state index contributed by atoms with van der Waals surface area (Å²) < 4.78 is 0. The largest absolute Gasteiger partial charge is 0.481 e. The van der Waals surface area contributed by atoms with Crippen molar-refractivity contribution in [1.29, 1.82) is 0 Å². The van der Waals surface area contributed by atoms with Crippen LogP contribution in [0, 0.1) is 19.8 Å². The Hall–Kier alpha value is -1.84. The highest BCUT2D eigenvalue weighted by Crippen LogP contribution is 2.22. The van der Waals surface area contributed by atoms with Gasteiger partial charge in [0, 0.05) is 13.1 Å². The van der Waals surface area contributed by atoms with Gasteiger partial charge in [0.2, 0.25) is 5.91 Å². The number of piperidine rings is 1. The predicted octanol–water partition coefficient (Wildman–Crippen LogP) is 2.13. The van der Waals surface area contributed by atoms with Gasteiger partial charge >= 0.3 is 5.97 Å². The Balaban J connectivity index is 2.16. The van der Waals surface area contributed by atoms with Gasteiger partial charge < -0.3 is 10.0 Å². The second-order valence-electron chi connectivity index (χ2n) is 5.15. The topological polar surface area (TPSA) is 57.6 Å². The second-order valence-corrected chi connectivity index (χ2v) is 5.15. The first kappa shape index (κ1) is 13.6. The van der Waals surface area contributed by atoms with Gasteiger partial charge in [-0.3, -0.25) is 9.59 Å². The number of aliphatic carboxylic acids is 1. The van der Waals surface area contributed by atoms with E-state index in [0.29, 0.717) is 19.5 Å². The van der Waals surface area contributed by atoms with Gasteiger partial charge in [0.25, 0.3) is 0 Å². The van der Waals surface area contributed by atoms with Crippen molar-refractivity contribution in [2.75, 3.05) is 6.54 Å². The van der Waals surface area contributed by atoms with E-state index in [-0.39, 0.29) is 5.91 Å². The van der Waals surface area contributed by atoms with Crippen molar-refractivity contribution >= 4 is 11.9 Å². The Kier molecular flexibility index (Phi) is 3.88. The number of likely N-dealkylation sites (tertiary alicyclic amines) is 1. The minimum atomic E-state index is -1.00. The number of aryl methyl sites for hydroxylation is 1. The summed E-state index contributed by atoms with van der Waals surface area (Å²) in [5, 5.41) is 9.04. The Morgan fingerprint density at radius 2 is 2.16 bits per heavy atom. The zero-order valence-corrected chi connectivity index (χ0v) is 11.3. The van der Waals surface area contributed by atoms with Crippen LogP contribution in [0.3, 0.4) is 0 Å². The fourth-order valence-electron chi connectivity index (χ4n) is 2.52. The molecule has 19 heavy (non-hydrogen) atoms. The molecule has 1 amide bonds. The third-order valence-corrected chi connectivity index (χ3v) is 3.91. The molecule has 0 spiro atoms. The average molecular weight is 261 g/mol. The van der Waals surface area contributed by atoms with Crippen LogP contribution >= 0.6 is 0 Å². The zero-order chi connectivity index (χ0) is 14.0. The first-order valence-corrected chi connectivity index (χ1v) is 6.57. The van der Waals surface area contributed by atoms with Crippen LogP contribution in [0.4, 0.5) is 0 Å². The van der Waals surface area contributed by atoms with E-state index in [0.717, 1.165) is 12.0 Å². The van der Waals surface area contributed by atoms with Crippen molar-refractivity contribution in [3.8, 4) is 0 Å². The number of hydrogen-bond acceptors (Lipinski definition) is 2. The summed E-state index contributed by atoms with van der Waals surface area (Å²) in [4.78, 5) is 24.8. The van der Waals surface area contributed by atoms with Crippen LogP contribution in [0.2, 0.25) is 0 Å². The molecule has 1 aromatic rings. The second kappa shape index (κ2) is 5.43. The van der Waals surface area contributed by atoms with E-state index >= 15 is 0 Å². The summed E-state index contributed by atoms with van der Waals surface area (Å²) in [5.41, 5.74) is 3.46. The molecule has 102 valence electrons. The van der Waals surface area contributed by atoms with Crippen LogP contribution < -0.4 is 0 Å². The summed E-state index contributed by atoms with van der Waals surface area (Å²) in [5.74, 6) is -2.12. The fourth-order valence-corrected chi connectivity index (χ4v) is 2.52. The number of carboxylic acids is 1. The molecule has 1 aromatic carbocycles. The number of benzene rings is 1. The van der Waals surface area contributed by atoms with E-state index in [1.807, 2.05) is 32.0 Å². The third kappa shape index (κ3) is 2.78. The molecule has 1 heterocycles. The molecule has 1 aliphatic heterocycles. The number of hydrogen-bond donors (Lipinski definition) is 1. The Morgan fingerprint density at radius 3 is 2.84 bits per heavy atom. The smallest absolute Gasteiger partial charge is 0.316 e. The molecular weight excluding hydrogens is 242 g/mol. The van der Waals surface area contributed by atoms with E-state index in [4.69, 9.17) is 5.11 Å². The molecule has 0 saturated carbocycles. The van der Waals surface area contributed by atoms with Gasteiger partial charge in [-0.25, -0.2) is 0 Å². The molecule has 0 aromatic heterocycles. The maximum absolute atomic E-state index is 12.1. The first-order chi connectivity index (χ1) is 9.00. The number of carboxylic acid groups (broad SMARTS) is 1. The van der Waals surface area contributed by atoms with Gasteiger partial charge in [0.05, 0.1) is 0 Å². The fraction of sp³-hybridized carbons (Fsp3) is 0.467. The number of amides is 1. The minimum absolute atomic E-state index is 0.250. The number of nitrogens with zero attached hydrogens (tertiary/aromatic N) is 1. The molecule has 2 rings (SSSR count). The Bertz CT molecular complexity index is 510. The monoisotopic (exact) mass is 261 g/mol. The zero-order valence-electron chi connectivity index (χ0n) is 11.3. The summed E-state index contributed by atoms with van der Waals surface area (Å²) in [7, 11) is 0. The summed E-state index contributed by atoms with van der Waals surface area (Å²) in [6.07, 6.45) is 1.21. The predicted molar refractivity (Wildman–Crippen MR) is 71.7 cm³/mol. The van der Waals surface area contributed by atoms with Crippen molar-refractivity contribution in [1.82, 2.24) is 4.90 Å². The van der Waals surface area contributed by atoms with E-state index in [1.54, 1.807) is 4.90 Å². The van der Waals surface area contributed by atoms with E-state index in [1.165, 1.54) is 11.1 Å². The Morgan fingerprint density at radius 1 is 1.42 bits per heavy atom. The molecule has 1 fully saturated rings. The molecule has 1 aliphatic rings. The number of carbonyl (C=O) groups excluding carboxylic acids is 1. The van der Waals surface area contributed by atoms with Crippen LogP contribution in [-0.4, -0.2) is 28.4 Å². The van der Waals surface area contributed by atoms with Gasteiger partial charge in [0.1, 0.15) is 5.92 Å². The van der Waals surface area contributed by atoms with Gasteiger partial charge in [0.15, 0.2) is 0 Å². The lowest BCUT2D eigenvalue weighted by Crippen LogP contribution is -2.43. The van der Waals surface area contributed by atoms with Gasteiger partial charge in [-0.2, -0.15) is 0 Å². The van der Waals surface area contributed by atoms with Crippen molar-refractivity contribution in [3.05, 3.63) is 34.9 Å². The lowest BCUT2D eigenvalue weighted by atomic mass is 9.96. The summed E-state index contributed by atoms with van der Waals surface area (Å²) >= 11 is 0. The van der Waals surface area contributed by atoms with Crippen LogP contribution in [0.25, 0.3) is 0 Å². The molecule has 1 unspecified atom stereocenters. The van der Waals surface area contributed by atoms with Crippen molar-refractivity contribution in [3.63, 3.8) is 0 Å². The molecule has 4 heteroatoms. The maximum atomic E-state index is 12.1. The molecule has 0 bridgehead atoms. The van der Waals surface area contributed by atoms with Gasteiger partial charge in [-0.15, -0.1) is 0 Å². The molecule has 1 N–H and O–H groups in total. The number of carbonyl (C=O) groups is 2. The molecule has 0 radical (unpaired) electrons. The third-order valence-electron chi connectivity index (χ3n) is 3.91. The van der Waals surface area contributed by atoms with Crippen LogP contribution in [-0.2, 0) is 16.1 Å². The van der Waals surface area contributed by atoms with E-state index in [2.05, 4.69) is 0 Å². The van der Waals surface area contributed by atoms with Gasteiger partial charge in [-0.1, -0.05) is 18.2 Å². The quantitative estimate of drug-likeness (QED) is 0.848. The highest BCUT2D eigenvalue weighted by atomic mass is 16.4. The van der Waals surface area contributed by atoms with Crippen LogP contribution in [0.15, 0.2) is 18.2 Å². The standard InChI is InChI=1S/C15H19NO3/c1-10-5-3-6-12(11(10)2)9-16-8-4-7-13(14(16)17)15(18)19/h3,5-6,13H,4,7-9H2,1-2H3,(H,18,19). The molecular formula is C15H19NO3. The van der Waals surface area contributed by atoms with Crippen molar-refractivity contribution in [2.24, 2.45) is 5.92 Å². The lowest BCUT2D eigenvalue weighted by Gasteiger charge is -2.31. The maximum Gasteiger partial charge on any atom is 0.316 e. The average Bonchev–Trinajstić information content (AvgIpc) is 2.37. The van der Waals surface area contributed by atoms with Crippen molar-refractivity contribution in [2.45, 2.75) is 33.2 Å². The lowest BCUT2D eigenvalue weighted by molar-refractivity contribution is -0.154. The normalized spacial score (nSPS) is 19.6. The molecule has 0 aliphatic carbocycles. The molecule has 4 nitrogen and oxygen atoms in total. The molecule has 1 atom stereocenters. The van der Waals surface area contributed by atoms with Crippen LogP contribution in [0.5, 0.6) is 0 Å². The highest BCUT2D eigenvalue weighted by molar-refractivity contribution is 5.97. The van der Waals surface area contributed by atoms with E-state index in [9.17, 15) is 9.59 Å². The number of rotatable bonds is 3. The first-order valence-electron chi connectivity index (χ1n) is 6.57. The van der Waals surface area contributed by atoms with Gasteiger partial charge in [-0.05, 0) is 43.4 Å².